The highest BCUT2D eigenvalue weighted by atomic mass is 19.2. The van der Waals surface area contributed by atoms with Crippen LogP contribution in [0.5, 0.6) is 0 Å². The van der Waals surface area contributed by atoms with Crippen LogP contribution in [0.3, 0.4) is 0 Å². The summed E-state index contributed by atoms with van der Waals surface area (Å²) in [6.45, 7) is 5.60. The first-order valence-electron chi connectivity index (χ1n) is 7.34. The second kappa shape index (κ2) is 7.31. The monoisotopic (exact) mass is 293 g/mol. The first-order chi connectivity index (χ1) is 10.2. The predicted molar refractivity (Wildman–Crippen MR) is 79.0 cm³/mol. The van der Waals surface area contributed by atoms with Gasteiger partial charge in [0.2, 0.25) is 0 Å². The molecule has 21 heavy (non-hydrogen) atoms. The second-order valence-electron chi connectivity index (χ2n) is 5.06. The number of rotatable bonds is 7. The molecule has 5 heteroatoms. The van der Waals surface area contributed by atoms with Gasteiger partial charge >= 0.3 is 0 Å². The normalized spacial score (nSPS) is 12.6. The molecule has 2 rings (SSSR count). The Morgan fingerprint density at radius 1 is 1.29 bits per heavy atom. The quantitative estimate of drug-likeness (QED) is 0.847. The number of hydrogen-bond donors (Lipinski definition) is 1. The number of benzene rings is 1. The van der Waals surface area contributed by atoms with E-state index in [1.807, 2.05) is 24.7 Å². The van der Waals surface area contributed by atoms with Crippen LogP contribution in [0.4, 0.5) is 8.78 Å². The Morgan fingerprint density at radius 3 is 2.76 bits per heavy atom. The van der Waals surface area contributed by atoms with Gasteiger partial charge < -0.3 is 5.32 Å². The van der Waals surface area contributed by atoms with Gasteiger partial charge in [0, 0.05) is 24.3 Å². The van der Waals surface area contributed by atoms with E-state index in [9.17, 15) is 8.78 Å². The lowest BCUT2D eigenvalue weighted by Gasteiger charge is -2.19. The fourth-order valence-electron chi connectivity index (χ4n) is 2.32. The van der Waals surface area contributed by atoms with Crippen molar-refractivity contribution in [3.05, 3.63) is 53.4 Å². The maximum Gasteiger partial charge on any atom is 0.163 e. The van der Waals surface area contributed by atoms with E-state index in [0.29, 0.717) is 12.0 Å². The van der Waals surface area contributed by atoms with Crippen LogP contribution >= 0.6 is 0 Å². The summed E-state index contributed by atoms with van der Waals surface area (Å²) >= 11 is 0. The Balaban J connectivity index is 2.23. The van der Waals surface area contributed by atoms with Crippen LogP contribution in [-0.2, 0) is 13.0 Å². The molecule has 1 heterocycles. The van der Waals surface area contributed by atoms with Gasteiger partial charge in [0.1, 0.15) is 0 Å². The molecule has 0 aliphatic rings. The van der Waals surface area contributed by atoms with Crippen molar-refractivity contribution in [2.24, 2.45) is 0 Å². The maximum atomic E-state index is 14.0. The maximum absolute atomic E-state index is 14.0. The van der Waals surface area contributed by atoms with E-state index in [1.54, 1.807) is 18.3 Å². The molecule has 1 aromatic carbocycles. The van der Waals surface area contributed by atoms with Gasteiger partial charge in [0.15, 0.2) is 11.6 Å². The molecule has 1 aromatic heterocycles. The highest BCUT2D eigenvalue weighted by molar-refractivity contribution is 5.24. The fraction of sp³-hybridized carbons (Fsp3) is 0.438. The molecule has 0 amide bonds. The van der Waals surface area contributed by atoms with Crippen molar-refractivity contribution in [1.29, 1.82) is 0 Å². The predicted octanol–water partition coefficient (Wildman–Crippen LogP) is 3.46. The third-order valence-electron chi connectivity index (χ3n) is 3.45. The zero-order chi connectivity index (χ0) is 15.2. The average Bonchev–Trinajstić information content (AvgIpc) is 2.94. The molecule has 0 radical (unpaired) electrons. The number of aryl methyl sites for hydroxylation is 1. The topological polar surface area (TPSA) is 29.9 Å². The van der Waals surface area contributed by atoms with Gasteiger partial charge in [-0.3, -0.25) is 4.68 Å². The van der Waals surface area contributed by atoms with Gasteiger partial charge in [-0.25, -0.2) is 8.78 Å². The summed E-state index contributed by atoms with van der Waals surface area (Å²) in [6, 6.07) is 4.07. The zero-order valence-electron chi connectivity index (χ0n) is 12.4. The highest BCUT2D eigenvalue weighted by Crippen LogP contribution is 2.23. The van der Waals surface area contributed by atoms with E-state index >= 15 is 0 Å². The number of nitrogens with one attached hydrogen (secondary N) is 1. The molecular formula is C16H21F2N3. The summed E-state index contributed by atoms with van der Waals surface area (Å²) in [4.78, 5) is 0. The van der Waals surface area contributed by atoms with Gasteiger partial charge in [-0.2, -0.15) is 5.10 Å². The Kier molecular flexibility index (Phi) is 5.44. The van der Waals surface area contributed by atoms with Gasteiger partial charge in [0.05, 0.1) is 6.20 Å². The second-order valence-corrected chi connectivity index (χ2v) is 5.06. The highest BCUT2D eigenvalue weighted by Gasteiger charge is 2.18. The minimum atomic E-state index is -0.806. The minimum Gasteiger partial charge on any atom is -0.310 e. The van der Waals surface area contributed by atoms with Crippen molar-refractivity contribution in [3.8, 4) is 0 Å². The van der Waals surface area contributed by atoms with E-state index in [-0.39, 0.29) is 6.04 Å². The molecule has 1 atom stereocenters. The van der Waals surface area contributed by atoms with E-state index in [2.05, 4.69) is 10.4 Å². The number of hydrogen-bond acceptors (Lipinski definition) is 2. The molecule has 0 saturated carbocycles. The smallest absolute Gasteiger partial charge is 0.163 e. The summed E-state index contributed by atoms with van der Waals surface area (Å²) in [5.74, 6) is -1.57. The van der Waals surface area contributed by atoms with Gasteiger partial charge in [-0.1, -0.05) is 19.1 Å². The summed E-state index contributed by atoms with van der Waals surface area (Å²) in [7, 11) is 0. The van der Waals surface area contributed by atoms with Crippen LogP contribution in [0.1, 0.15) is 37.4 Å². The van der Waals surface area contributed by atoms with Gasteiger partial charge in [-0.15, -0.1) is 0 Å². The molecule has 0 spiro atoms. The van der Waals surface area contributed by atoms with Crippen LogP contribution in [0, 0.1) is 11.6 Å². The first-order valence-corrected chi connectivity index (χ1v) is 7.34. The Hall–Kier alpha value is -1.75. The lowest BCUT2D eigenvalue weighted by Crippen LogP contribution is -2.25. The number of halogens is 2. The molecule has 0 bridgehead atoms. The Labute approximate surface area is 124 Å². The SMILES string of the molecule is CCCNC(Cc1cnn(CC)c1)c1cccc(F)c1F. The van der Waals surface area contributed by atoms with Crippen molar-refractivity contribution >= 4 is 0 Å². The van der Waals surface area contributed by atoms with Crippen LogP contribution in [0.15, 0.2) is 30.6 Å². The average molecular weight is 293 g/mol. The van der Waals surface area contributed by atoms with Crippen molar-refractivity contribution in [2.75, 3.05) is 6.54 Å². The summed E-state index contributed by atoms with van der Waals surface area (Å²) in [5, 5.41) is 7.51. The lowest BCUT2D eigenvalue weighted by molar-refractivity contribution is 0.459. The molecule has 0 saturated heterocycles. The molecule has 0 aliphatic carbocycles. The van der Waals surface area contributed by atoms with Crippen LogP contribution < -0.4 is 5.32 Å². The largest absolute Gasteiger partial charge is 0.310 e. The summed E-state index contributed by atoms with van der Waals surface area (Å²) in [5.41, 5.74) is 1.38. The van der Waals surface area contributed by atoms with Crippen molar-refractivity contribution in [2.45, 2.75) is 39.3 Å². The standard InChI is InChI=1S/C16H21F2N3/c1-3-8-19-15(9-12-10-20-21(4-2)11-12)13-6-5-7-14(17)16(13)18/h5-7,10-11,15,19H,3-4,8-9H2,1-2H3. The lowest BCUT2D eigenvalue weighted by atomic mass is 9.99. The minimum absolute atomic E-state index is 0.254. The molecule has 3 nitrogen and oxygen atoms in total. The number of aromatic nitrogens is 2. The first kappa shape index (κ1) is 15.6. The summed E-state index contributed by atoms with van der Waals surface area (Å²) < 4.78 is 29.3. The van der Waals surface area contributed by atoms with Crippen LogP contribution in [0.25, 0.3) is 0 Å². The molecule has 2 aromatic rings. The third-order valence-corrected chi connectivity index (χ3v) is 3.45. The molecule has 0 fully saturated rings. The molecular weight excluding hydrogens is 272 g/mol. The Morgan fingerprint density at radius 2 is 2.10 bits per heavy atom. The van der Waals surface area contributed by atoms with Crippen molar-refractivity contribution < 1.29 is 8.78 Å². The van der Waals surface area contributed by atoms with E-state index < -0.39 is 11.6 Å². The molecule has 114 valence electrons. The van der Waals surface area contributed by atoms with Crippen molar-refractivity contribution in [1.82, 2.24) is 15.1 Å². The Bertz CT molecular complexity index is 581. The van der Waals surface area contributed by atoms with Crippen LogP contribution in [-0.4, -0.2) is 16.3 Å². The molecule has 1 unspecified atom stereocenters. The van der Waals surface area contributed by atoms with E-state index in [4.69, 9.17) is 0 Å². The van der Waals surface area contributed by atoms with Crippen LogP contribution in [0.2, 0.25) is 0 Å². The van der Waals surface area contributed by atoms with E-state index in [1.165, 1.54) is 0 Å². The molecule has 1 N–H and O–H groups in total. The van der Waals surface area contributed by atoms with Crippen molar-refractivity contribution in [3.63, 3.8) is 0 Å². The van der Waals surface area contributed by atoms with Gasteiger partial charge in [-0.05, 0) is 37.9 Å². The molecule has 0 aliphatic heterocycles. The van der Waals surface area contributed by atoms with E-state index in [0.717, 1.165) is 31.1 Å². The number of nitrogens with zero attached hydrogens (tertiary/aromatic N) is 2. The fourth-order valence-corrected chi connectivity index (χ4v) is 2.32. The third kappa shape index (κ3) is 3.88. The van der Waals surface area contributed by atoms with Gasteiger partial charge in [0.25, 0.3) is 0 Å². The zero-order valence-corrected chi connectivity index (χ0v) is 12.4. The summed E-state index contributed by atoms with van der Waals surface area (Å²) in [6.07, 6.45) is 5.24.